The summed E-state index contributed by atoms with van der Waals surface area (Å²) in [5.41, 5.74) is 5.21. The van der Waals surface area contributed by atoms with Crippen molar-refractivity contribution in [3.63, 3.8) is 0 Å². The monoisotopic (exact) mass is 159 g/mol. The van der Waals surface area contributed by atoms with E-state index < -0.39 is 5.97 Å². The second-order valence-corrected chi connectivity index (χ2v) is 2.04. The molecule has 0 heterocycles. The van der Waals surface area contributed by atoms with E-state index in [0.29, 0.717) is 0 Å². The van der Waals surface area contributed by atoms with Gasteiger partial charge in [-0.2, -0.15) is 0 Å². The summed E-state index contributed by atoms with van der Waals surface area (Å²) in [6.07, 6.45) is 4.59. The van der Waals surface area contributed by atoms with Gasteiger partial charge >= 0.3 is 5.97 Å². The highest BCUT2D eigenvalue weighted by Gasteiger charge is 1.75. The van der Waals surface area contributed by atoms with Gasteiger partial charge in [-0.1, -0.05) is 26.3 Å². The Labute approximate surface area is 67.9 Å². The van der Waals surface area contributed by atoms with Gasteiger partial charge in [-0.15, -0.1) is 0 Å². The third kappa shape index (κ3) is 27.1. The minimum Gasteiger partial charge on any atom is -0.478 e. The van der Waals surface area contributed by atoms with E-state index in [9.17, 15) is 4.79 Å². The van der Waals surface area contributed by atoms with E-state index >= 15 is 0 Å². The van der Waals surface area contributed by atoms with Crippen molar-refractivity contribution in [2.75, 3.05) is 6.54 Å². The van der Waals surface area contributed by atoms with Crippen LogP contribution in [-0.2, 0) is 4.79 Å². The predicted octanol–water partition coefficient (Wildman–Crippen LogP) is 1.39. The van der Waals surface area contributed by atoms with Crippen molar-refractivity contribution in [2.45, 2.75) is 26.2 Å². The topological polar surface area (TPSA) is 63.3 Å². The molecule has 0 fully saturated rings. The van der Waals surface area contributed by atoms with Crippen molar-refractivity contribution >= 4 is 5.97 Å². The molecule has 0 aromatic carbocycles. The number of unbranched alkanes of at least 4 members (excludes halogenated alkanes) is 2. The molecule has 66 valence electrons. The van der Waals surface area contributed by atoms with Gasteiger partial charge in [0.25, 0.3) is 0 Å². The summed E-state index contributed by atoms with van der Waals surface area (Å²) in [6, 6.07) is 0. The van der Waals surface area contributed by atoms with E-state index in [1.54, 1.807) is 0 Å². The standard InChI is InChI=1S/C5H13N.C3H4O2/c1-2-3-4-5-6;1-2-3(4)5/h2-6H2,1H3;2H,1H2,(H,4,5). The van der Waals surface area contributed by atoms with Crippen molar-refractivity contribution in [3.8, 4) is 0 Å². The van der Waals surface area contributed by atoms with Crippen molar-refractivity contribution in [1.82, 2.24) is 0 Å². The number of hydrogen-bond acceptors (Lipinski definition) is 2. The van der Waals surface area contributed by atoms with Crippen LogP contribution < -0.4 is 5.73 Å². The summed E-state index contributed by atoms with van der Waals surface area (Å²) in [6.45, 7) is 5.99. The van der Waals surface area contributed by atoms with Crippen molar-refractivity contribution in [3.05, 3.63) is 12.7 Å². The number of aliphatic carboxylic acids is 1. The van der Waals surface area contributed by atoms with Gasteiger partial charge in [-0.3, -0.25) is 0 Å². The lowest BCUT2D eigenvalue weighted by molar-refractivity contribution is -0.131. The molecule has 0 amide bonds. The Morgan fingerprint density at radius 3 is 2.18 bits per heavy atom. The Hall–Kier alpha value is -0.830. The molecule has 0 unspecified atom stereocenters. The fourth-order valence-corrected chi connectivity index (χ4v) is 0.394. The minimum atomic E-state index is -0.981. The van der Waals surface area contributed by atoms with Crippen LogP contribution >= 0.6 is 0 Å². The first kappa shape index (κ1) is 12.8. The van der Waals surface area contributed by atoms with Crippen molar-refractivity contribution in [2.24, 2.45) is 5.73 Å². The van der Waals surface area contributed by atoms with E-state index in [2.05, 4.69) is 13.5 Å². The Balaban J connectivity index is 0. The highest BCUT2D eigenvalue weighted by Crippen LogP contribution is 1.88. The SMILES string of the molecule is C=CC(=O)O.CCCCCN. The van der Waals surface area contributed by atoms with Crippen LogP contribution in [0.1, 0.15) is 26.2 Å². The lowest BCUT2D eigenvalue weighted by atomic mass is 10.3. The molecule has 0 aliphatic carbocycles. The zero-order valence-corrected chi connectivity index (χ0v) is 7.05. The molecular weight excluding hydrogens is 142 g/mol. The van der Waals surface area contributed by atoms with Gasteiger partial charge in [0.1, 0.15) is 0 Å². The second-order valence-electron chi connectivity index (χ2n) is 2.04. The lowest BCUT2D eigenvalue weighted by Gasteiger charge is -1.86. The van der Waals surface area contributed by atoms with Crippen LogP contribution in [0.25, 0.3) is 0 Å². The van der Waals surface area contributed by atoms with E-state index in [1.165, 1.54) is 19.3 Å². The van der Waals surface area contributed by atoms with Crippen LogP contribution in [0, 0.1) is 0 Å². The first-order valence-corrected chi connectivity index (χ1v) is 3.74. The molecule has 0 bridgehead atoms. The molecule has 0 spiro atoms. The molecule has 3 heteroatoms. The highest BCUT2D eigenvalue weighted by molar-refractivity contribution is 5.78. The largest absolute Gasteiger partial charge is 0.478 e. The molecular formula is C8H17NO2. The Morgan fingerprint density at radius 1 is 1.64 bits per heavy atom. The normalized spacial score (nSPS) is 7.82. The highest BCUT2D eigenvalue weighted by atomic mass is 16.4. The number of carbonyl (C=O) groups is 1. The average molecular weight is 159 g/mol. The minimum absolute atomic E-state index is 0.833. The van der Waals surface area contributed by atoms with E-state index in [4.69, 9.17) is 10.8 Å². The molecule has 0 aliphatic rings. The number of nitrogens with two attached hydrogens (primary N) is 1. The van der Waals surface area contributed by atoms with Gasteiger partial charge in [0.2, 0.25) is 0 Å². The summed E-state index contributed by atoms with van der Waals surface area (Å²) in [7, 11) is 0. The molecule has 0 aliphatic heterocycles. The predicted molar refractivity (Wildman–Crippen MR) is 46.4 cm³/mol. The fourth-order valence-electron chi connectivity index (χ4n) is 0.394. The molecule has 3 N–H and O–H groups in total. The number of carboxylic acids is 1. The summed E-state index contributed by atoms with van der Waals surface area (Å²) in [5, 5.41) is 7.60. The summed E-state index contributed by atoms with van der Waals surface area (Å²) >= 11 is 0. The molecule has 0 aromatic rings. The van der Waals surface area contributed by atoms with Crippen LogP contribution in [0.5, 0.6) is 0 Å². The van der Waals surface area contributed by atoms with Gasteiger partial charge in [0.15, 0.2) is 0 Å². The van der Waals surface area contributed by atoms with Crippen LogP contribution in [0.2, 0.25) is 0 Å². The first-order valence-electron chi connectivity index (χ1n) is 3.74. The Kier molecular flexibility index (Phi) is 13.9. The van der Waals surface area contributed by atoms with Crippen molar-refractivity contribution < 1.29 is 9.90 Å². The first-order chi connectivity index (χ1) is 5.18. The summed E-state index contributed by atoms with van der Waals surface area (Å²) in [5.74, 6) is -0.981. The van der Waals surface area contributed by atoms with Gasteiger partial charge in [-0.25, -0.2) is 4.79 Å². The molecule has 0 saturated carbocycles. The van der Waals surface area contributed by atoms with E-state index in [-0.39, 0.29) is 0 Å². The third-order valence-corrected chi connectivity index (χ3v) is 0.982. The third-order valence-electron chi connectivity index (χ3n) is 0.982. The molecule has 0 atom stereocenters. The van der Waals surface area contributed by atoms with E-state index in [0.717, 1.165) is 12.6 Å². The summed E-state index contributed by atoms with van der Waals surface area (Å²) < 4.78 is 0. The van der Waals surface area contributed by atoms with Gasteiger partial charge in [0.05, 0.1) is 0 Å². The van der Waals surface area contributed by atoms with Crippen LogP contribution in [0.3, 0.4) is 0 Å². The Morgan fingerprint density at radius 2 is 2.09 bits per heavy atom. The van der Waals surface area contributed by atoms with Gasteiger partial charge < -0.3 is 10.8 Å². The van der Waals surface area contributed by atoms with Crippen LogP contribution in [0.4, 0.5) is 0 Å². The smallest absolute Gasteiger partial charge is 0.327 e. The van der Waals surface area contributed by atoms with Crippen LogP contribution in [0.15, 0.2) is 12.7 Å². The molecule has 0 aromatic heterocycles. The number of carboxylic acid groups (broad SMARTS) is 1. The molecule has 0 radical (unpaired) electrons. The molecule has 3 nitrogen and oxygen atoms in total. The van der Waals surface area contributed by atoms with Gasteiger partial charge in [0, 0.05) is 6.08 Å². The maximum atomic E-state index is 9.25. The fraction of sp³-hybridized carbons (Fsp3) is 0.625. The number of hydrogen-bond donors (Lipinski definition) is 2. The number of rotatable bonds is 4. The zero-order valence-electron chi connectivity index (χ0n) is 7.05. The zero-order chi connectivity index (χ0) is 9.11. The molecule has 0 saturated heterocycles. The van der Waals surface area contributed by atoms with Crippen LogP contribution in [-0.4, -0.2) is 17.6 Å². The molecule has 11 heavy (non-hydrogen) atoms. The average Bonchev–Trinajstić information content (AvgIpc) is 2.02. The Bertz CT molecular complexity index is 98.3. The van der Waals surface area contributed by atoms with Crippen molar-refractivity contribution in [1.29, 1.82) is 0 Å². The second kappa shape index (κ2) is 11.9. The maximum absolute atomic E-state index is 9.25. The molecule has 0 rings (SSSR count). The quantitative estimate of drug-likeness (QED) is 0.481. The van der Waals surface area contributed by atoms with E-state index in [1.807, 2.05) is 0 Å². The maximum Gasteiger partial charge on any atom is 0.327 e. The van der Waals surface area contributed by atoms with Gasteiger partial charge in [-0.05, 0) is 13.0 Å². The lowest BCUT2D eigenvalue weighted by Crippen LogP contribution is -1.96. The summed E-state index contributed by atoms with van der Waals surface area (Å²) in [4.78, 5) is 9.25.